The lowest BCUT2D eigenvalue weighted by atomic mass is 10.1. The van der Waals surface area contributed by atoms with Crippen LogP contribution in [0.2, 0.25) is 0 Å². The van der Waals surface area contributed by atoms with Gasteiger partial charge in [0.05, 0.1) is 11.4 Å². The summed E-state index contributed by atoms with van der Waals surface area (Å²) in [5.74, 6) is 0. The number of nitrogens with one attached hydrogen (secondary N) is 1. The molecule has 0 spiro atoms. The second kappa shape index (κ2) is 10.5. The molecule has 0 unspecified atom stereocenters. The molecule has 0 aliphatic carbocycles. The van der Waals surface area contributed by atoms with Gasteiger partial charge in [0.2, 0.25) is 0 Å². The van der Waals surface area contributed by atoms with Crippen molar-refractivity contribution in [2.75, 3.05) is 11.6 Å². The van der Waals surface area contributed by atoms with Gasteiger partial charge in [-0.05, 0) is 63.8 Å². The van der Waals surface area contributed by atoms with Crippen LogP contribution < -0.4 is 10.9 Å². The number of aryl methyl sites for hydroxylation is 3. The maximum atomic E-state index is 13.0. The summed E-state index contributed by atoms with van der Waals surface area (Å²) in [4.78, 5) is 22.8. The highest BCUT2D eigenvalue weighted by Crippen LogP contribution is 2.28. The van der Waals surface area contributed by atoms with Crippen molar-refractivity contribution in [1.29, 1.82) is 0 Å². The molecule has 0 fully saturated rings. The average Bonchev–Trinajstić information content (AvgIpc) is 2.77. The molecule has 1 atom stereocenters. The lowest BCUT2D eigenvalue weighted by Crippen LogP contribution is -2.19. The summed E-state index contributed by atoms with van der Waals surface area (Å²) in [7, 11) is 1.79. The third-order valence-electron chi connectivity index (χ3n) is 5.32. The van der Waals surface area contributed by atoms with Gasteiger partial charge in [0.1, 0.15) is 6.33 Å². The maximum absolute atomic E-state index is 13.0. The molecule has 6 heteroatoms. The molecular formula is C26H30N4OS. The van der Waals surface area contributed by atoms with Gasteiger partial charge in [-0.15, -0.1) is 11.8 Å². The molecule has 0 aliphatic rings. The van der Waals surface area contributed by atoms with Gasteiger partial charge < -0.3 is 9.88 Å². The zero-order valence-electron chi connectivity index (χ0n) is 19.5. The number of hydrogen-bond acceptors (Lipinski definition) is 5. The first-order valence-electron chi connectivity index (χ1n) is 10.5. The van der Waals surface area contributed by atoms with Crippen LogP contribution in [0.3, 0.4) is 0 Å². The van der Waals surface area contributed by atoms with Crippen LogP contribution in [0.1, 0.15) is 35.3 Å². The van der Waals surface area contributed by atoms with Gasteiger partial charge in [0.25, 0.3) is 5.56 Å². The molecule has 166 valence electrons. The Hall–Kier alpha value is -3.12. The van der Waals surface area contributed by atoms with Gasteiger partial charge in [-0.2, -0.15) is 0 Å². The van der Waals surface area contributed by atoms with E-state index in [4.69, 9.17) is 0 Å². The summed E-state index contributed by atoms with van der Waals surface area (Å²) < 4.78 is 1.65. The van der Waals surface area contributed by atoms with Crippen molar-refractivity contribution >= 4 is 17.4 Å². The van der Waals surface area contributed by atoms with Crippen molar-refractivity contribution in [2.24, 2.45) is 7.05 Å². The van der Waals surface area contributed by atoms with Crippen LogP contribution in [0, 0.1) is 20.8 Å². The lowest BCUT2D eigenvalue weighted by Gasteiger charge is -2.18. The van der Waals surface area contributed by atoms with Gasteiger partial charge in [-0.3, -0.25) is 4.79 Å². The summed E-state index contributed by atoms with van der Waals surface area (Å²) in [6.07, 6.45) is 3.61. The van der Waals surface area contributed by atoms with Crippen molar-refractivity contribution in [3.8, 4) is 11.4 Å². The summed E-state index contributed by atoms with van der Waals surface area (Å²) in [5, 5.41) is 3.64. The van der Waals surface area contributed by atoms with Crippen LogP contribution in [-0.4, -0.2) is 20.8 Å². The van der Waals surface area contributed by atoms with Gasteiger partial charge >= 0.3 is 0 Å². The fraction of sp³-hybridized carbons (Fsp3) is 0.269. The molecule has 0 bridgehead atoms. The highest BCUT2D eigenvalue weighted by Gasteiger charge is 2.09. The summed E-state index contributed by atoms with van der Waals surface area (Å²) in [5.41, 5.74) is 6.15. The smallest absolute Gasteiger partial charge is 0.253 e. The fourth-order valence-corrected chi connectivity index (χ4v) is 4.18. The first-order valence-corrected chi connectivity index (χ1v) is 11.8. The maximum Gasteiger partial charge on any atom is 0.253 e. The van der Waals surface area contributed by atoms with Gasteiger partial charge in [0, 0.05) is 34.9 Å². The van der Waals surface area contributed by atoms with E-state index in [1.54, 1.807) is 23.4 Å². The molecule has 2 heterocycles. The minimum atomic E-state index is -0.0582. The Morgan fingerprint density at radius 1 is 1.00 bits per heavy atom. The number of nitrogens with zero attached hydrogens (tertiary/aromatic N) is 3. The van der Waals surface area contributed by atoms with Crippen molar-refractivity contribution in [2.45, 2.75) is 38.6 Å². The van der Waals surface area contributed by atoms with E-state index in [2.05, 4.69) is 52.7 Å². The molecule has 0 aliphatic heterocycles. The average molecular weight is 447 g/mol. The Kier molecular flexibility index (Phi) is 7.70. The number of hydrogen-bond donors (Lipinski definition) is 1. The molecule has 1 N–H and O–H groups in total. The first kappa shape index (κ1) is 23.5. The van der Waals surface area contributed by atoms with Crippen molar-refractivity contribution < 1.29 is 0 Å². The van der Waals surface area contributed by atoms with Gasteiger partial charge in [-0.25, -0.2) is 9.97 Å². The van der Waals surface area contributed by atoms with Crippen LogP contribution in [0.15, 0.2) is 70.6 Å². The Balaban J connectivity index is 2.20. The SMILES string of the molecule is CSc1ccccc1N[C@H](C)c1ccc(-c2cc(C)ncn2)n(C)c(=O)c(C)cc(C)c1. The Labute approximate surface area is 194 Å². The summed E-state index contributed by atoms with van der Waals surface area (Å²) in [6.45, 7) is 7.93. The molecule has 0 saturated carbocycles. The topological polar surface area (TPSA) is 59.8 Å². The summed E-state index contributed by atoms with van der Waals surface area (Å²) >= 11 is 1.72. The molecule has 0 saturated heterocycles. The zero-order valence-corrected chi connectivity index (χ0v) is 20.3. The Morgan fingerprint density at radius 3 is 2.47 bits per heavy atom. The van der Waals surface area contributed by atoms with Gasteiger partial charge in [-0.1, -0.05) is 35.9 Å². The molecule has 0 radical (unpaired) electrons. The van der Waals surface area contributed by atoms with Crippen molar-refractivity contribution in [1.82, 2.24) is 14.5 Å². The number of aromatic nitrogens is 3. The van der Waals surface area contributed by atoms with E-state index >= 15 is 0 Å². The second-order valence-corrected chi connectivity index (χ2v) is 8.76. The normalized spacial score (nSPS) is 11.6. The van der Waals surface area contributed by atoms with E-state index in [9.17, 15) is 4.79 Å². The molecule has 3 rings (SSSR count). The first-order chi connectivity index (χ1) is 15.3. The highest BCUT2D eigenvalue weighted by molar-refractivity contribution is 7.98. The number of thioether (sulfide) groups is 1. The van der Waals surface area contributed by atoms with E-state index in [1.165, 1.54) is 11.2 Å². The van der Waals surface area contributed by atoms with Gasteiger partial charge in [0.15, 0.2) is 0 Å². The molecule has 0 amide bonds. The molecular weight excluding hydrogens is 416 g/mol. The number of para-hydroxylation sites is 1. The predicted molar refractivity (Wildman–Crippen MR) is 135 cm³/mol. The third kappa shape index (κ3) is 5.56. The molecule has 2 aromatic heterocycles. The van der Waals surface area contributed by atoms with E-state index < -0.39 is 0 Å². The number of benzene rings is 1. The summed E-state index contributed by atoms with van der Waals surface area (Å²) in [6, 6.07) is 18.3. The Morgan fingerprint density at radius 2 is 1.75 bits per heavy atom. The quantitative estimate of drug-likeness (QED) is 0.503. The van der Waals surface area contributed by atoms with E-state index in [0.29, 0.717) is 11.3 Å². The standard InChI is InChI=1S/C26H30N4OS/c1-17-13-18(2)26(31)30(5)24(23-15-19(3)27-16-28-23)12-11-21(14-17)20(4)29-22-9-7-8-10-25(22)32-6/h7-16,20,29H,1-6H3/t20-/m1/s1. The van der Waals surface area contributed by atoms with Crippen LogP contribution in [-0.2, 0) is 7.05 Å². The highest BCUT2D eigenvalue weighted by atomic mass is 32.2. The zero-order chi connectivity index (χ0) is 23.3. The predicted octanol–water partition coefficient (Wildman–Crippen LogP) is 5.79. The molecule has 5 nitrogen and oxygen atoms in total. The second-order valence-electron chi connectivity index (χ2n) is 7.91. The van der Waals surface area contributed by atoms with E-state index in [0.717, 1.165) is 28.2 Å². The number of rotatable bonds is 5. The monoisotopic (exact) mass is 446 g/mol. The van der Waals surface area contributed by atoms with Crippen LogP contribution >= 0.6 is 11.8 Å². The van der Waals surface area contributed by atoms with Crippen molar-refractivity contribution in [3.63, 3.8) is 0 Å². The fourth-order valence-electron chi connectivity index (χ4n) is 3.62. The minimum absolute atomic E-state index is 0.0528. The third-order valence-corrected chi connectivity index (χ3v) is 6.12. The van der Waals surface area contributed by atoms with E-state index in [1.807, 2.05) is 51.1 Å². The largest absolute Gasteiger partial charge is 0.378 e. The lowest BCUT2D eigenvalue weighted by molar-refractivity contribution is 0.855. The molecule has 32 heavy (non-hydrogen) atoms. The van der Waals surface area contributed by atoms with E-state index in [-0.39, 0.29) is 11.6 Å². The van der Waals surface area contributed by atoms with Crippen LogP contribution in [0.4, 0.5) is 5.69 Å². The van der Waals surface area contributed by atoms with Crippen LogP contribution in [0.5, 0.6) is 0 Å². The number of anilines is 1. The molecule has 1 aromatic carbocycles. The molecule has 3 aromatic rings. The minimum Gasteiger partial charge on any atom is -0.378 e. The van der Waals surface area contributed by atoms with Crippen molar-refractivity contribution in [3.05, 3.63) is 93.7 Å². The van der Waals surface area contributed by atoms with Crippen LogP contribution in [0.25, 0.3) is 11.4 Å². The Bertz CT molecular complexity index is 1230.